The van der Waals surface area contributed by atoms with E-state index in [1.165, 1.54) is 0 Å². The molecule has 0 saturated heterocycles. The van der Waals surface area contributed by atoms with E-state index in [0.717, 1.165) is 0 Å². The van der Waals surface area contributed by atoms with Gasteiger partial charge in [-0.1, -0.05) is 34.6 Å². The molecule has 0 fully saturated rings. The zero-order valence-electron chi connectivity index (χ0n) is 8.89. The molecule has 1 unspecified atom stereocenters. The van der Waals surface area contributed by atoms with E-state index in [9.17, 15) is 10.2 Å². The van der Waals surface area contributed by atoms with Crippen molar-refractivity contribution in [2.45, 2.75) is 59.2 Å². The van der Waals surface area contributed by atoms with Gasteiger partial charge < -0.3 is 10.2 Å². The molecule has 0 bridgehead atoms. The molecule has 0 spiro atoms. The van der Waals surface area contributed by atoms with Gasteiger partial charge in [0.2, 0.25) is 0 Å². The smallest absolute Gasteiger partial charge is 0.0905 e. The van der Waals surface area contributed by atoms with Gasteiger partial charge in [-0.05, 0) is 18.3 Å². The Morgan fingerprint density at radius 3 is 1.50 bits per heavy atom. The third-order valence-corrected chi connectivity index (χ3v) is 2.55. The summed E-state index contributed by atoms with van der Waals surface area (Å²) in [7, 11) is 0. The Morgan fingerprint density at radius 2 is 1.42 bits per heavy atom. The fraction of sp³-hybridized carbons (Fsp3) is 1.00. The van der Waals surface area contributed by atoms with Gasteiger partial charge in [0, 0.05) is 0 Å². The number of aliphatic hydroxyl groups is 2. The first-order valence-electron chi connectivity index (χ1n) is 4.68. The third-order valence-electron chi connectivity index (χ3n) is 2.55. The van der Waals surface area contributed by atoms with Crippen LogP contribution in [0.25, 0.3) is 0 Å². The summed E-state index contributed by atoms with van der Waals surface area (Å²) < 4.78 is 0. The van der Waals surface area contributed by atoms with Crippen molar-refractivity contribution in [2.75, 3.05) is 0 Å². The molecule has 2 heteroatoms. The Balaban J connectivity index is 4.53. The summed E-state index contributed by atoms with van der Waals surface area (Å²) in [5, 5.41) is 19.8. The van der Waals surface area contributed by atoms with Gasteiger partial charge in [0.25, 0.3) is 0 Å². The second-order valence-corrected chi connectivity index (χ2v) is 4.58. The second kappa shape index (κ2) is 3.75. The molecule has 12 heavy (non-hydrogen) atoms. The van der Waals surface area contributed by atoms with Crippen LogP contribution in [0.1, 0.15) is 47.5 Å². The Labute approximate surface area is 75.6 Å². The van der Waals surface area contributed by atoms with Gasteiger partial charge >= 0.3 is 0 Å². The largest absolute Gasteiger partial charge is 0.390 e. The predicted octanol–water partition coefficient (Wildman–Crippen LogP) is 1.94. The minimum absolute atomic E-state index is 0.249. The molecule has 0 aromatic carbocycles. The zero-order chi connectivity index (χ0) is 9.99. The molecular formula is C10H22O2. The van der Waals surface area contributed by atoms with Crippen molar-refractivity contribution in [2.24, 2.45) is 5.41 Å². The first-order valence-corrected chi connectivity index (χ1v) is 4.68. The molecule has 0 heterocycles. The van der Waals surface area contributed by atoms with Crippen LogP contribution in [0.4, 0.5) is 0 Å². The third kappa shape index (κ3) is 2.46. The van der Waals surface area contributed by atoms with Crippen LogP contribution in [0, 0.1) is 5.41 Å². The van der Waals surface area contributed by atoms with Crippen molar-refractivity contribution in [1.29, 1.82) is 0 Å². The summed E-state index contributed by atoms with van der Waals surface area (Å²) in [5.41, 5.74) is -1.17. The van der Waals surface area contributed by atoms with Crippen molar-refractivity contribution >= 4 is 0 Å². The van der Waals surface area contributed by atoms with Crippen LogP contribution in [0.15, 0.2) is 0 Å². The summed E-state index contributed by atoms with van der Waals surface area (Å²) >= 11 is 0. The summed E-state index contributed by atoms with van der Waals surface area (Å²) in [6.07, 6.45) is 0.546. The van der Waals surface area contributed by atoms with Crippen LogP contribution < -0.4 is 0 Å². The second-order valence-electron chi connectivity index (χ2n) is 4.58. The number of aliphatic hydroxyl groups excluding tert-OH is 1. The highest BCUT2D eigenvalue weighted by atomic mass is 16.3. The molecule has 0 aliphatic rings. The molecule has 1 atom stereocenters. The van der Waals surface area contributed by atoms with Crippen LogP contribution in [0.5, 0.6) is 0 Å². The molecule has 2 N–H and O–H groups in total. The maximum absolute atomic E-state index is 9.98. The molecule has 0 radical (unpaired) electrons. The highest BCUT2D eigenvalue weighted by Gasteiger charge is 2.39. The van der Waals surface area contributed by atoms with Crippen molar-refractivity contribution < 1.29 is 10.2 Å². The molecule has 0 rings (SSSR count). The van der Waals surface area contributed by atoms with Crippen molar-refractivity contribution in [3.8, 4) is 0 Å². The normalized spacial score (nSPS) is 16.2. The molecule has 0 aliphatic heterocycles. The van der Waals surface area contributed by atoms with E-state index in [-0.39, 0.29) is 5.41 Å². The Kier molecular flexibility index (Phi) is 3.73. The average molecular weight is 174 g/mol. The van der Waals surface area contributed by atoms with Crippen LogP contribution in [-0.4, -0.2) is 21.9 Å². The van der Waals surface area contributed by atoms with Crippen molar-refractivity contribution in [1.82, 2.24) is 0 Å². The molecule has 0 amide bonds. The Hall–Kier alpha value is -0.0800. The van der Waals surface area contributed by atoms with E-state index in [2.05, 4.69) is 0 Å². The van der Waals surface area contributed by atoms with Crippen LogP contribution >= 0.6 is 0 Å². The highest BCUT2D eigenvalue weighted by Crippen LogP contribution is 2.32. The molecule has 0 aromatic rings. The molecule has 0 aliphatic carbocycles. The van der Waals surface area contributed by atoms with Crippen LogP contribution in [-0.2, 0) is 0 Å². The molecule has 2 nitrogen and oxygen atoms in total. The fourth-order valence-corrected chi connectivity index (χ4v) is 1.44. The van der Waals surface area contributed by atoms with Crippen LogP contribution in [0.3, 0.4) is 0 Å². The standard InChI is InChI=1S/C10H22O2/c1-6-10(12,7-2)8(11)9(3,4)5/h8,11-12H,6-7H2,1-5H3. The monoisotopic (exact) mass is 174 g/mol. The SMILES string of the molecule is CCC(O)(CC)C(O)C(C)(C)C. The van der Waals surface area contributed by atoms with E-state index >= 15 is 0 Å². The van der Waals surface area contributed by atoms with Crippen molar-refractivity contribution in [3.63, 3.8) is 0 Å². The molecule has 74 valence electrons. The van der Waals surface area contributed by atoms with Gasteiger partial charge in [-0.2, -0.15) is 0 Å². The first kappa shape index (κ1) is 11.9. The van der Waals surface area contributed by atoms with E-state index in [0.29, 0.717) is 12.8 Å². The van der Waals surface area contributed by atoms with Crippen molar-refractivity contribution in [3.05, 3.63) is 0 Å². The van der Waals surface area contributed by atoms with E-state index in [1.54, 1.807) is 0 Å². The summed E-state index contributed by atoms with van der Waals surface area (Å²) in [4.78, 5) is 0. The van der Waals surface area contributed by atoms with Gasteiger partial charge in [-0.3, -0.25) is 0 Å². The van der Waals surface area contributed by atoms with Crippen LogP contribution in [0.2, 0.25) is 0 Å². The lowest BCUT2D eigenvalue weighted by Gasteiger charge is -2.39. The van der Waals surface area contributed by atoms with E-state index in [4.69, 9.17) is 0 Å². The number of hydrogen-bond acceptors (Lipinski definition) is 2. The lowest BCUT2D eigenvalue weighted by atomic mass is 9.76. The summed E-state index contributed by atoms with van der Waals surface area (Å²) in [6.45, 7) is 9.62. The Bertz CT molecular complexity index is 131. The zero-order valence-corrected chi connectivity index (χ0v) is 8.89. The predicted molar refractivity (Wildman–Crippen MR) is 51.0 cm³/mol. The van der Waals surface area contributed by atoms with E-state index < -0.39 is 11.7 Å². The molecule has 0 aromatic heterocycles. The van der Waals surface area contributed by atoms with Gasteiger partial charge in [0.1, 0.15) is 0 Å². The number of rotatable bonds is 3. The maximum atomic E-state index is 9.98. The van der Waals surface area contributed by atoms with Gasteiger partial charge in [-0.25, -0.2) is 0 Å². The lowest BCUT2D eigenvalue weighted by Crippen LogP contribution is -2.48. The summed E-state index contributed by atoms with van der Waals surface area (Å²) in [6, 6.07) is 0. The fourth-order valence-electron chi connectivity index (χ4n) is 1.44. The minimum Gasteiger partial charge on any atom is -0.390 e. The first-order chi connectivity index (χ1) is 5.28. The maximum Gasteiger partial charge on any atom is 0.0905 e. The lowest BCUT2D eigenvalue weighted by molar-refractivity contribution is -0.124. The van der Waals surface area contributed by atoms with Gasteiger partial charge in [0.05, 0.1) is 11.7 Å². The minimum atomic E-state index is -0.918. The molecular weight excluding hydrogens is 152 g/mol. The Morgan fingerprint density at radius 1 is 1.08 bits per heavy atom. The topological polar surface area (TPSA) is 40.5 Å². The van der Waals surface area contributed by atoms with E-state index in [1.807, 2.05) is 34.6 Å². The highest BCUT2D eigenvalue weighted by molar-refractivity contribution is 4.90. The van der Waals surface area contributed by atoms with Gasteiger partial charge in [-0.15, -0.1) is 0 Å². The summed E-state index contributed by atoms with van der Waals surface area (Å²) in [5.74, 6) is 0. The number of hydrogen-bond donors (Lipinski definition) is 2. The van der Waals surface area contributed by atoms with Gasteiger partial charge in [0.15, 0.2) is 0 Å². The quantitative estimate of drug-likeness (QED) is 0.686. The molecule has 0 saturated carbocycles. The average Bonchev–Trinajstić information content (AvgIpc) is 2.00.